The molecule has 134 valence electrons. The fraction of sp³-hybridized carbons (Fsp3) is 0.167. The average molecular weight is 392 g/mol. The molecule has 2 heterocycles. The van der Waals surface area contributed by atoms with Gasteiger partial charge in [0.05, 0.1) is 23.3 Å². The van der Waals surface area contributed by atoms with Gasteiger partial charge in [-0.15, -0.1) is 11.3 Å². The maximum atomic E-state index is 13.1. The van der Waals surface area contributed by atoms with E-state index < -0.39 is 5.82 Å². The summed E-state index contributed by atoms with van der Waals surface area (Å²) in [7, 11) is 0. The van der Waals surface area contributed by atoms with Crippen LogP contribution in [-0.4, -0.2) is 15.9 Å². The van der Waals surface area contributed by atoms with Crippen molar-refractivity contribution >= 4 is 34.5 Å². The second-order valence-corrected chi connectivity index (χ2v) is 6.86. The first-order valence-electron chi connectivity index (χ1n) is 7.73. The average Bonchev–Trinajstić information content (AvgIpc) is 3.05. The zero-order valence-electron chi connectivity index (χ0n) is 13.8. The lowest BCUT2D eigenvalue weighted by Gasteiger charge is -2.05. The van der Waals surface area contributed by atoms with Crippen molar-refractivity contribution < 1.29 is 13.9 Å². The summed E-state index contributed by atoms with van der Waals surface area (Å²) in [6.07, 6.45) is 1.77. The molecular formula is C18H15ClFN3O2S. The molecule has 0 saturated heterocycles. The number of halogens is 2. The van der Waals surface area contributed by atoms with Crippen LogP contribution >= 0.6 is 22.9 Å². The molecule has 0 aliphatic heterocycles. The van der Waals surface area contributed by atoms with Gasteiger partial charge in [-0.25, -0.2) is 9.37 Å². The molecule has 1 amide bonds. The van der Waals surface area contributed by atoms with Gasteiger partial charge in [0.15, 0.2) is 0 Å². The number of carbonyl (C=O) groups is 1. The zero-order chi connectivity index (χ0) is 18.5. The summed E-state index contributed by atoms with van der Waals surface area (Å²) in [5.74, 6) is -0.121. The highest BCUT2D eigenvalue weighted by molar-refractivity contribution is 7.09. The number of nitrogens with one attached hydrogen (secondary N) is 1. The number of benzene rings is 1. The normalized spacial score (nSPS) is 10.6. The number of hydrogen-bond donors (Lipinski definition) is 1. The van der Waals surface area contributed by atoms with E-state index in [1.54, 1.807) is 6.20 Å². The van der Waals surface area contributed by atoms with E-state index in [0.29, 0.717) is 23.7 Å². The van der Waals surface area contributed by atoms with Crippen molar-refractivity contribution in [3.05, 3.63) is 69.1 Å². The number of aromatic nitrogens is 2. The van der Waals surface area contributed by atoms with Gasteiger partial charge < -0.3 is 10.1 Å². The summed E-state index contributed by atoms with van der Waals surface area (Å²) in [5.41, 5.74) is 2.00. The molecule has 1 N–H and O–H groups in total. The maximum Gasteiger partial charge on any atom is 0.230 e. The van der Waals surface area contributed by atoms with Crippen LogP contribution in [0.2, 0.25) is 5.02 Å². The standard InChI is InChI=1S/C18H15ClFN3O2S/c1-11-2-4-14(8-21-11)25-9-18-23-13(10-26-18)7-17(24)22-12-3-5-16(20)15(19)6-12/h2-6,8,10H,7,9H2,1H3,(H,22,24). The third-order valence-electron chi connectivity index (χ3n) is 3.39. The third kappa shape index (κ3) is 5.00. The molecule has 0 aliphatic carbocycles. The summed E-state index contributed by atoms with van der Waals surface area (Å²) >= 11 is 7.12. The highest BCUT2D eigenvalue weighted by Crippen LogP contribution is 2.20. The first-order chi connectivity index (χ1) is 12.5. The van der Waals surface area contributed by atoms with Gasteiger partial charge in [-0.3, -0.25) is 9.78 Å². The lowest BCUT2D eigenvalue weighted by Crippen LogP contribution is -2.14. The van der Waals surface area contributed by atoms with E-state index in [-0.39, 0.29) is 17.4 Å². The van der Waals surface area contributed by atoms with Gasteiger partial charge in [-0.1, -0.05) is 11.6 Å². The van der Waals surface area contributed by atoms with E-state index in [9.17, 15) is 9.18 Å². The highest BCUT2D eigenvalue weighted by Gasteiger charge is 2.10. The second kappa shape index (κ2) is 8.25. The number of hydrogen-bond acceptors (Lipinski definition) is 5. The number of thiazole rings is 1. The molecule has 0 bridgehead atoms. The van der Waals surface area contributed by atoms with Crippen LogP contribution in [0.25, 0.3) is 0 Å². The van der Waals surface area contributed by atoms with Gasteiger partial charge >= 0.3 is 0 Å². The molecule has 0 radical (unpaired) electrons. The van der Waals surface area contributed by atoms with Crippen LogP contribution in [0.1, 0.15) is 16.4 Å². The number of ether oxygens (including phenoxy) is 1. The molecule has 3 aromatic rings. The summed E-state index contributed by atoms with van der Waals surface area (Å²) in [6.45, 7) is 2.21. The second-order valence-electron chi connectivity index (χ2n) is 5.51. The molecule has 1 aromatic carbocycles. The lowest BCUT2D eigenvalue weighted by molar-refractivity contribution is -0.115. The van der Waals surface area contributed by atoms with E-state index >= 15 is 0 Å². The van der Waals surface area contributed by atoms with Crippen LogP contribution < -0.4 is 10.1 Å². The lowest BCUT2D eigenvalue weighted by atomic mass is 10.2. The Morgan fingerprint density at radius 1 is 1.35 bits per heavy atom. The van der Waals surface area contributed by atoms with Gasteiger partial charge in [0.1, 0.15) is 23.2 Å². The van der Waals surface area contributed by atoms with Crippen LogP contribution in [0.5, 0.6) is 5.75 Å². The first kappa shape index (κ1) is 18.3. The minimum atomic E-state index is -0.530. The molecule has 8 heteroatoms. The molecule has 0 spiro atoms. The summed E-state index contributed by atoms with van der Waals surface area (Å²) < 4.78 is 18.8. The number of rotatable bonds is 6. The predicted molar refractivity (Wildman–Crippen MR) is 99.2 cm³/mol. The Balaban J connectivity index is 1.53. The number of amides is 1. The molecule has 5 nitrogen and oxygen atoms in total. The van der Waals surface area contributed by atoms with E-state index in [1.807, 2.05) is 24.4 Å². The molecule has 3 rings (SSSR count). The zero-order valence-corrected chi connectivity index (χ0v) is 15.4. The number of carbonyl (C=O) groups excluding carboxylic acids is 1. The first-order valence-corrected chi connectivity index (χ1v) is 8.99. The van der Waals surface area contributed by atoms with Gasteiger partial charge in [-0.2, -0.15) is 0 Å². The highest BCUT2D eigenvalue weighted by atomic mass is 35.5. The monoisotopic (exact) mass is 391 g/mol. The number of pyridine rings is 1. The fourth-order valence-corrected chi connectivity index (χ4v) is 3.01. The predicted octanol–water partition coefficient (Wildman–Crippen LogP) is 4.40. The van der Waals surface area contributed by atoms with Crippen LogP contribution in [0.3, 0.4) is 0 Å². The molecule has 2 aromatic heterocycles. The SMILES string of the molecule is Cc1ccc(OCc2nc(CC(=O)Nc3ccc(F)c(Cl)c3)cs2)cn1. The maximum absolute atomic E-state index is 13.1. The minimum absolute atomic E-state index is 0.0403. The van der Waals surface area contributed by atoms with Crippen molar-refractivity contribution in [2.45, 2.75) is 20.0 Å². The van der Waals surface area contributed by atoms with E-state index in [4.69, 9.17) is 16.3 Å². The Kier molecular flexibility index (Phi) is 5.80. The largest absolute Gasteiger partial charge is 0.485 e. The van der Waals surface area contributed by atoms with Crippen LogP contribution in [-0.2, 0) is 17.8 Å². The van der Waals surface area contributed by atoms with Gasteiger partial charge in [0, 0.05) is 16.8 Å². The summed E-state index contributed by atoms with van der Waals surface area (Å²) in [6, 6.07) is 7.74. The molecular weight excluding hydrogens is 377 g/mol. The van der Waals surface area contributed by atoms with Gasteiger partial charge in [0.2, 0.25) is 5.91 Å². The Labute approximate surface area is 158 Å². The van der Waals surface area contributed by atoms with Crippen molar-refractivity contribution in [2.75, 3.05) is 5.32 Å². The third-order valence-corrected chi connectivity index (χ3v) is 4.55. The van der Waals surface area contributed by atoms with Crippen molar-refractivity contribution in [2.24, 2.45) is 0 Å². The van der Waals surface area contributed by atoms with E-state index in [1.165, 1.54) is 29.5 Å². The molecule has 0 unspecified atom stereocenters. The van der Waals surface area contributed by atoms with Crippen LogP contribution in [0.15, 0.2) is 41.9 Å². The number of anilines is 1. The molecule has 0 saturated carbocycles. The van der Waals surface area contributed by atoms with Crippen molar-refractivity contribution in [3.8, 4) is 5.75 Å². The smallest absolute Gasteiger partial charge is 0.230 e. The Morgan fingerprint density at radius 2 is 2.19 bits per heavy atom. The van der Waals surface area contributed by atoms with Gasteiger partial charge in [0.25, 0.3) is 0 Å². The number of nitrogens with zero attached hydrogens (tertiary/aromatic N) is 2. The Morgan fingerprint density at radius 3 is 2.92 bits per heavy atom. The quantitative estimate of drug-likeness (QED) is 0.676. The molecule has 26 heavy (non-hydrogen) atoms. The van der Waals surface area contributed by atoms with Crippen LogP contribution in [0.4, 0.5) is 10.1 Å². The molecule has 0 aliphatic rings. The number of aryl methyl sites for hydroxylation is 1. The van der Waals surface area contributed by atoms with Crippen molar-refractivity contribution in [3.63, 3.8) is 0 Å². The Hall–Kier alpha value is -2.51. The van der Waals surface area contributed by atoms with E-state index in [2.05, 4.69) is 15.3 Å². The summed E-state index contributed by atoms with van der Waals surface area (Å²) in [5, 5.41) is 5.20. The van der Waals surface area contributed by atoms with Gasteiger partial charge in [-0.05, 0) is 37.3 Å². The molecule has 0 atom stereocenters. The summed E-state index contributed by atoms with van der Waals surface area (Å²) in [4.78, 5) is 20.6. The van der Waals surface area contributed by atoms with Crippen molar-refractivity contribution in [1.29, 1.82) is 0 Å². The van der Waals surface area contributed by atoms with E-state index in [0.717, 1.165) is 10.7 Å². The topological polar surface area (TPSA) is 64.1 Å². The minimum Gasteiger partial charge on any atom is -0.485 e. The van der Waals surface area contributed by atoms with Crippen molar-refractivity contribution in [1.82, 2.24) is 9.97 Å². The van der Waals surface area contributed by atoms with Crippen LogP contribution in [0, 0.1) is 12.7 Å². The Bertz CT molecular complexity index is 915. The fourth-order valence-electron chi connectivity index (χ4n) is 2.12. The molecule has 0 fully saturated rings.